The predicted octanol–water partition coefficient (Wildman–Crippen LogP) is 4.63. The number of hydrogen-bond donors (Lipinski definition) is 2. The average molecular weight is 319 g/mol. The zero-order valence-corrected chi connectivity index (χ0v) is 12.9. The number of aromatic nitrogens is 1. The third-order valence-corrected chi connectivity index (χ3v) is 3.98. The number of nitrogens with one attached hydrogen (secondary N) is 1. The zero-order valence-electron chi connectivity index (χ0n) is 12.1. The van der Waals surface area contributed by atoms with Crippen LogP contribution in [0.3, 0.4) is 0 Å². The van der Waals surface area contributed by atoms with Gasteiger partial charge >= 0.3 is 0 Å². The molecule has 3 aromatic rings. The second kappa shape index (κ2) is 6.77. The van der Waals surface area contributed by atoms with E-state index in [1.54, 1.807) is 0 Å². The summed E-state index contributed by atoms with van der Waals surface area (Å²) in [6.07, 6.45) is 4.09. The fourth-order valence-electron chi connectivity index (χ4n) is 2.03. The maximum absolute atomic E-state index is 9.46. The summed E-state index contributed by atoms with van der Waals surface area (Å²) in [5, 5.41) is 22.1. The van der Waals surface area contributed by atoms with Gasteiger partial charge in [0.1, 0.15) is 11.1 Å². The smallest absolute Gasteiger partial charge is 0.243 e. The van der Waals surface area contributed by atoms with Crippen molar-refractivity contribution < 1.29 is 5.11 Å². The zero-order chi connectivity index (χ0) is 16.1. The first-order chi connectivity index (χ1) is 11.3. The van der Waals surface area contributed by atoms with E-state index < -0.39 is 0 Å². The number of nitrogens with zero attached hydrogens (tertiary/aromatic N) is 2. The van der Waals surface area contributed by atoms with Crippen molar-refractivity contribution in [2.24, 2.45) is 0 Å². The minimum atomic E-state index is -0.234. The van der Waals surface area contributed by atoms with Gasteiger partial charge in [-0.15, -0.1) is 0 Å². The van der Waals surface area contributed by atoms with Crippen LogP contribution in [0, 0.1) is 11.3 Å². The van der Waals surface area contributed by atoms with Crippen LogP contribution >= 0.6 is 11.5 Å². The van der Waals surface area contributed by atoms with Crippen LogP contribution < -0.4 is 5.32 Å². The maximum atomic E-state index is 9.46. The Balaban J connectivity index is 1.72. The van der Waals surface area contributed by atoms with Crippen molar-refractivity contribution in [3.05, 3.63) is 71.3 Å². The van der Waals surface area contributed by atoms with Crippen LogP contribution in [-0.2, 0) is 0 Å². The first kappa shape index (κ1) is 14.8. The van der Waals surface area contributed by atoms with Gasteiger partial charge in [-0.2, -0.15) is 9.64 Å². The van der Waals surface area contributed by atoms with E-state index >= 15 is 0 Å². The minimum absolute atomic E-state index is 0.169. The molecule has 0 amide bonds. The maximum Gasteiger partial charge on any atom is 0.243 e. The van der Waals surface area contributed by atoms with Gasteiger partial charge in [-0.25, -0.2) is 0 Å². The summed E-state index contributed by atoms with van der Waals surface area (Å²) in [6.45, 7) is 0. The minimum Gasteiger partial charge on any atom is -0.492 e. The molecule has 0 aliphatic heterocycles. The van der Waals surface area contributed by atoms with Gasteiger partial charge in [-0.1, -0.05) is 54.6 Å². The summed E-state index contributed by atoms with van der Waals surface area (Å²) in [6, 6.07) is 19.8. The van der Waals surface area contributed by atoms with Crippen molar-refractivity contribution in [2.45, 2.75) is 0 Å². The van der Waals surface area contributed by atoms with Crippen LogP contribution in [0.5, 0.6) is 5.88 Å². The number of aromatic hydroxyl groups is 1. The summed E-state index contributed by atoms with van der Waals surface area (Å²) in [4.78, 5) is 0. The molecule has 1 aromatic heterocycles. The lowest BCUT2D eigenvalue weighted by atomic mass is 10.1. The van der Waals surface area contributed by atoms with Gasteiger partial charge in [-0.3, -0.25) is 0 Å². The Morgan fingerprint density at radius 1 is 1.00 bits per heavy atom. The highest BCUT2D eigenvalue weighted by atomic mass is 32.1. The molecule has 112 valence electrons. The largest absolute Gasteiger partial charge is 0.492 e. The molecule has 23 heavy (non-hydrogen) atoms. The lowest BCUT2D eigenvalue weighted by Crippen LogP contribution is -1.89. The molecule has 0 aliphatic rings. The Morgan fingerprint density at radius 3 is 2.30 bits per heavy atom. The molecule has 0 spiro atoms. The third-order valence-electron chi connectivity index (χ3n) is 3.22. The lowest BCUT2D eigenvalue weighted by molar-refractivity contribution is 0.458. The van der Waals surface area contributed by atoms with Crippen LogP contribution in [0.2, 0.25) is 0 Å². The Hall–Kier alpha value is -3.10. The standard InChI is InChI=1S/C18H13N3OS/c19-12-16-17(22)21-23-18(16)20-15-10-8-14(9-11-15)7-6-13-4-2-1-3-5-13/h1-11,20H,(H,21,22)/b7-6+. The molecule has 0 saturated carbocycles. The van der Waals surface area contributed by atoms with E-state index in [2.05, 4.69) is 15.8 Å². The van der Waals surface area contributed by atoms with Crippen LogP contribution in [0.25, 0.3) is 12.2 Å². The normalized spacial score (nSPS) is 10.6. The highest BCUT2D eigenvalue weighted by molar-refractivity contribution is 7.10. The Bertz CT molecular complexity index is 862. The second-order valence-corrected chi connectivity index (χ2v) is 5.59. The number of anilines is 2. The molecule has 1 heterocycles. The molecule has 5 heteroatoms. The molecule has 2 aromatic carbocycles. The van der Waals surface area contributed by atoms with Gasteiger partial charge < -0.3 is 10.4 Å². The molecular formula is C18H13N3OS. The van der Waals surface area contributed by atoms with E-state index in [0.717, 1.165) is 28.3 Å². The van der Waals surface area contributed by atoms with E-state index in [-0.39, 0.29) is 11.4 Å². The number of rotatable bonds is 4. The van der Waals surface area contributed by atoms with Crippen molar-refractivity contribution in [1.29, 1.82) is 5.26 Å². The quantitative estimate of drug-likeness (QED) is 0.688. The number of benzene rings is 2. The van der Waals surface area contributed by atoms with Crippen LogP contribution in [0.1, 0.15) is 16.7 Å². The van der Waals surface area contributed by atoms with Gasteiger partial charge in [0, 0.05) is 5.69 Å². The summed E-state index contributed by atoms with van der Waals surface area (Å²) >= 11 is 1.06. The predicted molar refractivity (Wildman–Crippen MR) is 93.6 cm³/mol. The lowest BCUT2D eigenvalue weighted by Gasteiger charge is -2.04. The molecule has 4 nitrogen and oxygen atoms in total. The molecule has 0 radical (unpaired) electrons. The monoisotopic (exact) mass is 319 g/mol. The molecule has 3 rings (SSSR count). The average Bonchev–Trinajstić information content (AvgIpc) is 2.95. The first-order valence-corrected chi connectivity index (χ1v) is 7.72. The van der Waals surface area contributed by atoms with Crippen molar-refractivity contribution >= 4 is 34.4 Å². The fourth-order valence-corrected chi connectivity index (χ4v) is 2.69. The Labute approximate surface area is 138 Å². The van der Waals surface area contributed by atoms with E-state index in [1.165, 1.54) is 0 Å². The van der Waals surface area contributed by atoms with Gasteiger partial charge in [0.05, 0.1) is 0 Å². The highest BCUT2D eigenvalue weighted by Gasteiger charge is 2.12. The van der Waals surface area contributed by atoms with Gasteiger partial charge in [-0.05, 0) is 34.8 Å². The van der Waals surface area contributed by atoms with Gasteiger partial charge in [0.15, 0.2) is 5.56 Å². The Kier molecular flexibility index (Phi) is 4.37. The molecule has 0 aliphatic carbocycles. The first-order valence-electron chi connectivity index (χ1n) is 6.95. The van der Waals surface area contributed by atoms with Crippen molar-refractivity contribution in [2.75, 3.05) is 5.32 Å². The van der Waals surface area contributed by atoms with Crippen molar-refractivity contribution in [3.8, 4) is 11.9 Å². The number of nitriles is 1. The SMILES string of the molecule is N#Cc1c(O)nsc1Nc1ccc(/C=C/c2ccccc2)cc1. The molecule has 0 unspecified atom stereocenters. The second-order valence-electron chi connectivity index (χ2n) is 4.81. The van der Waals surface area contributed by atoms with Crippen LogP contribution in [-0.4, -0.2) is 9.48 Å². The van der Waals surface area contributed by atoms with E-state index in [4.69, 9.17) is 5.26 Å². The number of hydrogen-bond acceptors (Lipinski definition) is 5. The molecule has 0 fully saturated rings. The summed E-state index contributed by atoms with van der Waals surface area (Å²) in [7, 11) is 0. The molecular weight excluding hydrogens is 306 g/mol. The summed E-state index contributed by atoms with van der Waals surface area (Å²) in [5.41, 5.74) is 3.23. The molecule has 0 bridgehead atoms. The summed E-state index contributed by atoms with van der Waals surface area (Å²) in [5.74, 6) is -0.234. The van der Waals surface area contributed by atoms with Gasteiger partial charge in [0.25, 0.3) is 0 Å². The molecule has 2 N–H and O–H groups in total. The molecule has 0 atom stereocenters. The van der Waals surface area contributed by atoms with Crippen molar-refractivity contribution in [1.82, 2.24) is 4.37 Å². The fraction of sp³-hybridized carbons (Fsp3) is 0. The van der Waals surface area contributed by atoms with Gasteiger partial charge in [0.2, 0.25) is 5.88 Å². The topological polar surface area (TPSA) is 68.9 Å². The van der Waals surface area contributed by atoms with Crippen molar-refractivity contribution in [3.63, 3.8) is 0 Å². The van der Waals surface area contributed by atoms with E-state index in [1.807, 2.05) is 66.7 Å². The van der Waals surface area contributed by atoms with Crippen LogP contribution in [0.4, 0.5) is 10.7 Å². The van der Waals surface area contributed by atoms with E-state index in [0.29, 0.717) is 5.00 Å². The highest BCUT2D eigenvalue weighted by Crippen LogP contribution is 2.31. The summed E-state index contributed by atoms with van der Waals surface area (Å²) < 4.78 is 3.77. The Morgan fingerprint density at radius 2 is 1.65 bits per heavy atom. The van der Waals surface area contributed by atoms with Crippen LogP contribution in [0.15, 0.2) is 54.6 Å². The molecule has 0 saturated heterocycles. The third kappa shape index (κ3) is 3.57. The van der Waals surface area contributed by atoms with E-state index in [9.17, 15) is 5.11 Å².